The smallest absolute Gasteiger partial charge is 0.0745 e. The summed E-state index contributed by atoms with van der Waals surface area (Å²) in [6, 6.07) is 15.2. The summed E-state index contributed by atoms with van der Waals surface area (Å²) < 4.78 is 5.58. The number of anilines is 2. The van der Waals surface area contributed by atoms with E-state index in [0.717, 1.165) is 45.0 Å². The van der Waals surface area contributed by atoms with Crippen molar-refractivity contribution >= 4 is 11.4 Å². The Kier molecular flexibility index (Phi) is 4.52. The normalized spacial score (nSPS) is 18.5. The highest BCUT2D eigenvalue weighted by Gasteiger charge is 2.16. The Morgan fingerprint density at radius 2 is 1.83 bits per heavy atom. The molecule has 0 amide bonds. The maximum Gasteiger partial charge on any atom is 0.0745 e. The van der Waals surface area contributed by atoms with Crippen molar-refractivity contribution < 1.29 is 4.74 Å². The number of piperazine rings is 1. The van der Waals surface area contributed by atoms with Gasteiger partial charge in [-0.1, -0.05) is 24.3 Å². The van der Waals surface area contributed by atoms with Crippen molar-refractivity contribution in [3.8, 4) is 0 Å². The minimum Gasteiger partial charge on any atom is -0.372 e. The van der Waals surface area contributed by atoms with Gasteiger partial charge in [0.2, 0.25) is 0 Å². The zero-order valence-electron chi connectivity index (χ0n) is 14.3. The van der Waals surface area contributed by atoms with Gasteiger partial charge in [0.05, 0.1) is 13.2 Å². The Bertz CT molecular complexity index is 708. The highest BCUT2D eigenvalue weighted by Crippen LogP contribution is 2.29. The molecule has 0 bridgehead atoms. The van der Waals surface area contributed by atoms with E-state index < -0.39 is 0 Å². The second-order valence-electron chi connectivity index (χ2n) is 6.84. The highest BCUT2D eigenvalue weighted by atomic mass is 16.5. The SMILES string of the molecule is CN1CCN(Cc2cccc(Nc3cccc4c3COC4)c2)CC1. The van der Waals surface area contributed by atoms with E-state index in [9.17, 15) is 0 Å². The Balaban J connectivity index is 1.46. The van der Waals surface area contributed by atoms with Gasteiger partial charge in [-0.3, -0.25) is 4.90 Å². The molecule has 0 aliphatic carbocycles. The summed E-state index contributed by atoms with van der Waals surface area (Å²) >= 11 is 0. The van der Waals surface area contributed by atoms with Gasteiger partial charge >= 0.3 is 0 Å². The Labute approximate surface area is 144 Å². The average molecular weight is 323 g/mol. The summed E-state index contributed by atoms with van der Waals surface area (Å²) in [5, 5.41) is 3.58. The monoisotopic (exact) mass is 323 g/mol. The fourth-order valence-electron chi connectivity index (χ4n) is 3.49. The zero-order chi connectivity index (χ0) is 16.4. The van der Waals surface area contributed by atoms with Gasteiger partial charge in [0.15, 0.2) is 0 Å². The lowest BCUT2D eigenvalue weighted by atomic mass is 10.1. The van der Waals surface area contributed by atoms with Crippen molar-refractivity contribution in [1.29, 1.82) is 0 Å². The first-order valence-corrected chi connectivity index (χ1v) is 8.73. The van der Waals surface area contributed by atoms with Gasteiger partial charge in [0, 0.05) is 49.7 Å². The van der Waals surface area contributed by atoms with Gasteiger partial charge in [0.1, 0.15) is 0 Å². The van der Waals surface area contributed by atoms with Crippen LogP contribution in [0, 0.1) is 0 Å². The second kappa shape index (κ2) is 6.93. The van der Waals surface area contributed by atoms with Crippen LogP contribution in [0.3, 0.4) is 0 Å². The maximum absolute atomic E-state index is 5.58. The second-order valence-corrected chi connectivity index (χ2v) is 6.84. The van der Waals surface area contributed by atoms with Gasteiger partial charge in [-0.2, -0.15) is 0 Å². The molecule has 4 heteroatoms. The van der Waals surface area contributed by atoms with E-state index in [4.69, 9.17) is 4.74 Å². The zero-order valence-corrected chi connectivity index (χ0v) is 14.3. The molecule has 2 aromatic carbocycles. The number of fused-ring (bicyclic) bond motifs is 1. The number of hydrogen-bond donors (Lipinski definition) is 1. The third kappa shape index (κ3) is 3.46. The average Bonchev–Trinajstić information content (AvgIpc) is 3.07. The molecular formula is C20H25N3O. The Morgan fingerprint density at radius 1 is 1.00 bits per heavy atom. The molecule has 0 atom stereocenters. The fourth-order valence-corrected chi connectivity index (χ4v) is 3.49. The highest BCUT2D eigenvalue weighted by molar-refractivity contribution is 5.65. The van der Waals surface area contributed by atoms with Crippen molar-refractivity contribution in [2.75, 3.05) is 38.5 Å². The summed E-state index contributed by atoms with van der Waals surface area (Å²) in [7, 11) is 2.20. The molecule has 2 heterocycles. The van der Waals surface area contributed by atoms with Crippen molar-refractivity contribution in [1.82, 2.24) is 9.80 Å². The summed E-state index contributed by atoms with van der Waals surface area (Å²) in [4.78, 5) is 4.93. The van der Waals surface area contributed by atoms with Gasteiger partial charge in [-0.25, -0.2) is 0 Å². The molecule has 126 valence electrons. The molecule has 2 aliphatic rings. The minimum absolute atomic E-state index is 0.708. The van der Waals surface area contributed by atoms with Crippen LogP contribution in [0.1, 0.15) is 16.7 Å². The van der Waals surface area contributed by atoms with Gasteiger partial charge in [-0.05, 0) is 36.4 Å². The van der Waals surface area contributed by atoms with Crippen molar-refractivity contribution in [3.05, 3.63) is 59.2 Å². The van der Waals surface area contributed by atoms with Gasteiger partial charge in [0.25, 0.3) is 0 Å². The molecular weight excluding hydrogens is 298 g/mol. The van der Waals surface area contributed by atoms with E-state index in [2.05, 4.69) is 64.6 Å². The number of hydrogen-bond acceptors (Lipinski definition) is 4. The maximum atomic E-state index is 5.58. The van der Waals surface area contributed by atoms with Crippen LogP contribution in [0.2, 0.25) is 0 Å². The van der Waals surface area contributed by atoms with Crippen LogP contribution < -0.4 is 5.32 Å². The summed E-state index contributed by atoms with van der Waals surface area (Å²) in [6.45, 7) is 7.09. The topological polar surface area (TPSA) is 27.7 Å². The number of likely N-dealkylation sites (N-methyl/N-ethyl adjacent to an activating group) is 1. The van der Waals surface area contributed by atoms with E-state index in [1.807, 2.05) is 0 Å². The van der Waals surface area contributed by atoms with E-state index in [-0.39, 0.29) is 0 Å². The number of rotatable bonds is 4. The van der Waals surface area contributed by atoms with Crippen LogP contribution in [-0.2, 0) is 24.5 Å². The molecule has 1 N–H and O–H groups in total. The summed E-state index contributed by atoms with van der Waals surface area (Å²) in [5.74, 6) is 0. The summed E-state index contributed by atoms with van der Waals surface area (Å²) in [6.07, 6.45) is 0. The first-order chi connectivity index (χ1) is 11.8. The van der Waals surface area contributed by atoms with Crippen LogP contribution in [0.5, 0.6) is 0 Å². The molecule has 2 aliphatic heterocycles. The molecule has 1 fully saturated rings. The quantitative estimate of drug-likeness (QED) is 0.935. The van der Waals surface area contributed by atoms with E-state index in [1.54, 1.807) is 0 Å². The first-order valence-electron chi connectivity index (χ1n) is 8.73. The molecule has 0 saturated carbocycles. The Hall–Kier alpha value is -1.88. The summed E-state index contributed by atoms with van der Waals surface area (Å²) in [5.41, 5.74) is 6.28. The number of ether oxygens (including phenoxy) is 1. The van der Waals surface area contributed by atoms with E-state index >= 15 is 0 Å². The van der Waals surface area contributed by atoms with Crippen molar-refractivity contribution in [2.24, 2.45) is 0 Å². The van der Waals surface area contributed by atoms with Crippen LogP contribution in [0.15, 0.2) is 42.5 Å². The predicted octanol–water partition coefficient (Wildman–Crippen LogP) is 3.21. The van der Waals surface area contributed by atoms with Crippen LogP contribution in [-0.4, -0.2) is 43.0 Å². The molecule has 2 aromatic rings. The standard InChI is InChI=1S/C20H25N3O/c1-22-8-10-23(11-9-22)13-16-4-2-6-18(12-16)21-20-7-3-5-17-14-24-15-19(17)20/h2-7,12,21H,8-11,13-15H2,1H3. The fraction of sp³-hybridized carbons (Fsp3) is 0.400. The number of benzene rings is 2. The van der Waals surface area contributed by atoms with E-state index in [1.165, 1.54) is 22.4 Å². The molecule has 0 radical (unpaired) electrons. The Morgan fingerprint density at radius 3 is 2.71 bits per heavy atom. The molecule has 0 unspecified atom stereocenters. The van der Waals surface area contributed by atoms with Crippen LogP contribution in [0.4, 0.5) is 11.4 Å². The van der Waals surface area contributed by atoms with Crippen LogP contribution >= 0.6 is 0 Å². The molecule has 4 rings (SSSR count). The molecule has 0 spiro atoms. The lowest BCUT2D eigenvalue weighted by Gasteiger charge is -2.32. The first kappa shape index (κ1) is 15.6. The number of nitrogens with one attached hydrogen (secondary N) is 1. The minimum atomic E-state index is 0.708. The predicted molar refractivity (Wildman–Crippen MR) is 97.4 cm³/mol. The number of nitrogens with zero attached hydrogens (tertiary/aromatic N) is 2. The molecule has 24 heavy (non-hydrogen) atoms. The van der Waals surface area contributed by atoms with Crippen molar-refractivity contribution in [3.63, 3.8) is 0 Å². The molecule has 4 nitrogen and oxygen atoms in total. The lowest BCUT2D eigenvalue weighted by Crippen LogP contribution is -2.43. The van der Waals surface area contributed by atoms with Crippen LogP contribution in [0.25, 0.3) is 0 Å². The van der Waals surface area contributed by atoms with Gasteiger partial charge in [-0.15, -0.1) is 0 Å². The van der Waals surface area contributed by atoms with E-state index in [0.29, 0.717) is 6.61 Å². The third-order valence-corrected chi connectivity index (χ3v) is 4.99. The molecule has 0 aromatic heterocycles. The molecule has 1 saturated heterocycles. The largest absolute Gasteiger partial charge is 0.372 e. The third-order valence-electron chi connectivity index (χ3n) is 4.99. The van der Waals surface area contributed by atoms with Crippen molar-refractivity contribution in [2.45, 2.75) is 19.8 Å². The van der Waals surface area contributed by atoms with Gasteiger partial charge < -0.3 is 15.0 Å². The lowest BCUT2D eigenvalue weighted by molar-refractivity contribution is 0.134.